The fourth-order valence-corrected chi connectivity index (χ4v) is 2.65. The van der Waals surface area contributed by atoms with Crippen LogP contribution in [0.4, 0.5) is 9.59 Å². The Morgan fingerprint density at radius 3 is 2.46 bits per heavy atom. The van der Waals surface area contributed by atoms with Crippen LogP contribution in [0.5, 0.6) is 0 Å². The molecule has 0 aliphatic heterocycles. The van der Waals surface area contributed by atoms with E-state index in [1.165, 1.54) is 17.0 Å². The molecule has 1 N–H and O–H groups in total. The Kier molecular flexibility index (Phi) is 7.20. The van der Waals surface area contributed by atoms with Crippen molar-refractivity contribution in [2.24, 2.45) is 5.92 Å². The number of imidazole rings is 1. The van der Waals surface area contributed by atoms with Gasteiger partial charge < -0.3 is 14.8 Å². The van der Waals surface area contributed by atoms with Gasteiger partial charge in [0.25, 0.3) is 0 Å². The van der Waals surface area contributed by atoms with Crippen LogP contribution >= 0.6 is 0 Å². The Hall–Kier alpha value is -2.83. The van der Waals surface area contributed by atoms with E-state index in [2.05, 4.69) is 10.3 Å². The van der Waals surface area contributed by atoms with E-state index in [4.69, 9.17) is 9.47 Å². The van der Waals surface area contributed by atoms with Gasteiger partial charge in [0.15, 0.2) is 0 Å². The third-order valence-electron chi connectivity index (χ3n) is 3.78. The first kappa shape index (κ1) is 21.5. The van der Waals surface area contributed by atoms with Crippen molar-refractivity contribution in [2.45, 2.75) is 59.3 Å². The Morgan fingerprint density at radius 1 is 1.18 bits per heavy atom. The van der Waals surface area contributed by atoms with E-state index in [-0.39, 0.29) is 12.5 Å². The summed E-state index contributed by atoms with van der Waals surface area (Å²) in [5, 5.41) is 2.83. The van der Waals surface area contributed by atoms with Crippen LogP contribution in [0.1, 0.15) is 58.5 Å². The molecule has 2 aromatic rings. The zero-order chi connectivity index (χ0) is 20.7. The third-order valence-corrected chi connectivity index (χ3v) is 3.78. The number of nitrogens with one attached hydrogen (secondary N) is 1. The Balaban J connectivity index is 2.10. The fraction of sp³-hybridized carbons (Fsp3) is 0.476. The summed E-state index contributed by atoms with van der Waals surface area (Å²) in [5.74, 6) is 0.683. The molecule has 7 nitrogen and oxygen atoms in total. The Morgan fingerprint density at radius 2 is 1.86 bits per heavy atom. The highest BCUT2D eigenvalue weighted by Crippen LogP contribution is 2.21. The lowest BCUT2D eigenvalue weighted by molar-refractivity contribution is 0.0526. The van der Waals surface area contributed by atoms with Crippen LogP contribution in [-0.2, 0) is 16.1 Å². The van der Waals surface area contributed by atoms with Gasteiger partial charge in [0.2, 0.25) is 0 Å². The normalized spacial score (nSPS) is 12.5. The van der Waals surface area contributed by atoms with Crippen molar-refractivity contribution in [1.29, 1.82) is 0 Å². The molecule has 1 aromatic heterocycles. The summed E-state index contributed by atoms with van der Waals surface area (Å²) in [6, 6.07) is 8.96. The maximum Gasteiger partial charge on any atom is 0.420 e. The van der Waals surface area contributed by atoms with Gasteiger partial charge in [-0.3, -0.25) is 0 Å². The number of rotatable bonds is 6. The van der Waals surface area contributed by atoms with Crippen LogP contribution in [0.25, 0.3) is 0 Å². The highest BCUT2D eigenvalue weighted by atomic mass is 16.6. The summed E-state index contributed by atoms with van der Waals surface area (Å²) >= 11 is 0. The van der Waals surface area contributed by atoms with E-state index in [1.54, 1.807) is 20.8 Å². The molecule has 0 saturated carbocycles. The molecule has 0 spiro atoms. The summed E-state index contributed by atoms with van der Waals surface area (Å²) in [7, 11) is 0. The van der Waals surface area contributed by atoms with Gasteiger partial charge in [-0.25, -0.2) is 19.1 Å². The fourth-order valence-electron chi connectivity index (χ4n) is 2.65. The van der Waals surface area contributed by atoms with E-state index < -0.39 is 23.8 Å². The summed E-state index contributed by atoms with van der Waals surface area (Å²) in [4.78, 5) is 29.1. The summed E-state index contributed by atoms with van der Waals surface area (Å²) in [5.41, 5.74) is 0.266. The average molecular weight is 387 g/mol. The molecule has 0 fully saturated rings. The first-order chi connectivity index (χ1) is 13.2. The lowest BCUT2D eigenvalue weighted by atomic mass is 10.0. The maximum absolute atomic E-state index is 12.5. The molecular weight excluding hydrogens is 358 g/mol. The highest BCUT2D eigenvalue weighted by molar-refractivity contribution is 5.72. The molecule has 7 heteroatoms. The lowest BCUT2D eigenvalue weighted by Gasteiger charge is -2.23. The summed E-state index contributed by atoms with van der Waals surface area (Å²) < 4.78 is 12.1. The molecule has 1 amide bonds. The van der Waals surface area contributed by atoms with Gasteiger partial charge in [0, 0.05) is 12.4 Å². The quantitative estimate of drug-likeness (QED) is 0.778. The van der Waals surface area contributed by atoms with Crippen molar-refractivity contribution < 1.29 is 19.1 Å². The Bertz CT molecular complexity index is 778. The van der Waals surface area contributed by atoms with Crippen molar-refractivity contribution in [3.8, 4) is 0 Å². The largest absolute Gasteiger partial charge is 0.445 e. The van der Waals surface area contributed by atoms with E-state index >= 15 is 0 Å². The number of hydrogen-bond donors (Lipinski definition) is 1. The van der Waals surface area contributed by atoms with Crippen molar-refractivity contribution in [2.75, 3.05) is 0 Å². The van der Waals surface area contributed by atoms with Crippen molar-refractivity contribution in [3.63, 3.8) is 0 Å². The number of nitrogens with zero attached hydrogens (tertiary/aromatic N) is 2. The molecule has 1 atom stereocenters. The second-order valence-electron chi connectivity index (χ2n) is 8.02. The zero-order valence-electron chi connectivity index (χ0n) is 17.1. The predicted octanol–water partition coefficient (Wildman–Crippen LogP) is 4.68. The smallest absolute Gasteiger partial charge is 0.420 e. The number of ether oxygens (including phenoxy) is 2. The van der Waals surface area contributed by atoms with Crippen molar-refractivity contribution >= 4 is 12.2 Å². The number of benzene rings is 1. The predicted molar refractivity (Wildman–Crippen MR) is 106 cm³/mol. The van der Waals surface area contributed by atoms with Gasteiger partial charge in [0.1, 0.15) is 18.0 Å². The van der Waals surface area contributed by atoms with Crippen LogP contribution in [0.15, 0.2) is 42.7 Å². The van der Waals surface area contributed by atoms with E-state index in [0.717, 1.165) is 5.56 Å². The molecular formula is C21H29N3O4. The average Bonchev–Trinajstić information content (AvgIpc) is 3.08. The molecule has 28 heavy (non-hydrogen) atoms. The number of amides is 1. The molecule has 0 aliphatic rings. The van der Waals surface area contributed by atoms with Gasteiger partial charge in [-0.15, -0.1) is 0 Å². The zero-order valence-corrected chi connectivity index (χ0v) is 17.1. The number of carbonyl (C=O) groups is 2. The monoisotopic (exact) mass is 387 g/mol. The molecule has 2 rings (SSSR count). The van der Waals surface area contributed by atoms with E-state index in [0.29, 0.717) is 12.2 Å². The second kappa shape index (κ2) is 9.39. The van der Waals surface area contributed by atoms with Crippen LogP contribution < -0.4 is 5.32 Å². The van der Waals surface area contributed by atoms with Gasteiger partial charge in [-0.2, -0.15) is 0 Å². The number of aromatic nitrogens is 2. The molecule has 0 bridgehead atoms. The molecule has 152 valence electrons. The van der Waals surface area contributed by atoms with Crippen LogP contribution in [0.3, 0.4) is 0 Å². The van der Waals surface area contributed by atoms with Crippen LogP contribution in [-0.4, -0.2) is 27.3 Å². The van der Waals surface area contributed by atoms with Gasteiger partial charge in [-0.1, -0.05) is 44.2 Å². The SMILES string of the molecule is CC(C)CC(NC(=O)OCc1ccccc1)c1nccn1C(=O)OC(C)(C)C. The molecule has 0 radical (unpaired) electrons. The first-order valence-corrected chi connectivity index (χ1v) is 9.39. The highest BCUT2D eigenvalue weighted by Gasteiger charge is 2.26. The second-order valence-corrected chi connectivity index (χ2v) is 8.02. The standard InChI is InChI=1S/C21H29N3O4/c1-15(2)13-17(23-19(25)27-14-16-9-7-6-8-10-16)18-22-11-12-24(18)20(26)28-21(3,4)5/h6-12,15,17H,13-14H2,1-5H3,(H,23,25). The summed E-state index contributed by atoms with van der Waals surface area (Å²) in [6.45, 7) is 9.63. The van der Waals surface area contributed by atoms with Gasteiger partial charge in [-0.05, 0) is 38.7 Å². The molecule has 0 aliphatic carbocycles. The first-order valence-electron chi connectivity index (χ1n) is 9.39. The minimum atomic E-state index is -0.631. The molecule has 1 heterocycles. The van der Waals surface area contributed by atoms with Gasteiger partial charge in [0.05, 0.1) is 6.04 Å². The van der Waals surface area contributed by atoms with Crippen LogP contribution in [0, 0.1) is 5.92 Å². The number of alkyl carbamates (subject to hydrolysis) is 1. The number of hydrogen-bond acceptors (Lipinski definition) is 5. The maximum atomic E-state index is 12.5. The number of carbonyl (C=O) groups excluding carboxylic acids is 2. The van der Waals surface area contributed by atoms with Gasteiger partial charge >= 0.3 is 12.2 Å². The molecule has 1 unspecified atom stereocenters. The topological polar surface area (TPSA) is 82.5 Å². The summed E-state index contributed by atoms with van der Waals surface area (Å²) in [6.07, 6.45) is 2.55. The Labute approximate surface area is 166 Å². The molecule has 0 saturated heterocycles. The lowest BCUT2D eigenvalue weighted by Crippen LogP contribution is -2.34. The van der Waals surface area contributed by atoms with E-state index in [1.807, 2.05) is 44.2 Å². The molecule has 1 aromatic carbocycles. The van der Waals surface area contributed by atoms with Crippen molar-refractivity contribution in [1.82, 2.24) is 14.9 Å². The minimum absolute atomic E-state index is 0.168. The van der Waals surface area contributed by atoms with E-state index in [9.17, 15) is 9.59 Å². The minimum Gasteiger partial charge on any atom is -0.445 e. The van der Waals surface area contributed by atoms with Crippen LogP contribution in [0.2, 0.25) is 0 Å². The third kappa shape index (κ3) is 6.72. The van der Waals surface area contributed by atoms with Crippen molar-refractivity contribution in [3.05, 3.63) is 54.1 Å².